The largest absolute Gasteiger partial charge is 0.465 e. The molecular weight excluding hydrogens is 214 g/mol. The lowest BCUT2D eigenvalue weighted by atomic mass is 10.1. The summed E-state index contributed by atoms with van der Waals surface area (Å²) in [6.45, 7) is 8.42. The molecular formula is C10H17NO3S. The summed E-state index contributed by atoms with van der Waals surface area (Å²) in [4.78, 5) is 23.0. The van der Waals surface area contributed by atoms with Crippen molar-refractivity contribution in [1.82, 2.24) is 4.31 Å². The van der Waals surface area contributed by atoms with Gasteiger partial charge in [-0.2, -0.15) is 0 Å². The molecule has 0 aromatic carbocycles. The number of Topliss-reactive ketones (excluding diaryl/α,β-unsaturated/α-hetero) is 1. The van der Waals surface area contributed by atoms with Crippen LogP contribution in [0, 0.1) is 0 Å². The van der Waals surface area contributed by atoms with Gasteiger partial charge >= 0.3 is 5.97 Å². The average molecular weight is 231 g/mol. The number of carbonyl (C=O) groups excluding carboxylic acids is 2. The van der Waals surface area contributed by atoms with Crippen LogP contribution in [0.1, 0.15) is 27.7 Å². The van der Waals surface area contributed by atoms with Crippen LogP contribution in [0.2, 0.25) is 0 Å². The summed E-state index contributed by atoms with van der Waals surface area (Å²) in [5.41, 5.74) is -0.110. The lowest BCUT2D eigenvalue weighted by molar-refractivity contribution is -0.144. The van der Waals surface area contributed by atoms with Crippen molar-refractivity contribution in [3.05, 3.63) is 0 Å². The molecule has 1 heterocycles. The van der Waals surface area contributed by atoms with Crippen LogP contribution in [-0.2, 0) is 14.3 Å². The minimum Gasteiger partial charge on any atom is -0.465 e. The monoisotopic (exact) mass is 231 g/mol. The number of hydrogen-bond acceptors (Lipinski definition) is 5. The number of rotatable bonds is 2. The Labute approximate surface area is 94.5 Å². The zero-order chi connectivity index (χ0) is 11.6. The van der Waals surface area contributed by atoms with E-state index in [0.717, 1.165) is 0 Å². The molecule has 0 radical (unpaired) electrons. The molecule has 1 fully saturated rings. The zero-order valence-corrected chi connectivity index (χ0v) is 10.4. The normalized spacial score (nSPS) is 23.2. The van der Waals surface area contributed by atoms with Crippen molar-refractivity contribution in [2.24, 2.45) is 0 Å². The minimum atomic E-state index is -0.663. The molecule has 0 aliphatic carbocycles. The molecule has 0 aromatic rings. The summed E-state index contributed by atoms with van der Waals surface area (Å²) >= 11 is 1.28. The molecule has 0 bridgehead atoms. The molecule has 0 aromatic heterocycles. The number of esters is 1. The lowest BCUT2D eigenvalue weighted by Crippen LogP contribution is -2.34. The molecule has 1 rings (SSSR count). The maximum Gasteiger partial charge on any atom is 0.328 e. The highest BCUT2D eigenvalue weighted by Gasteiger charge is 2.42. The Hall–Kier alpha value is -0.550. The topological polar surface area (TPSA) is 46.6 Å². The molecule has 0 spiro atoms. The first-order valence-electron chi connectivity index (χ1n) is 5.00. The Morgan fingerprint density at radius 1 is 1.60 bits per heavy atom. The van der Waals surface area contributed by atoms with Gasteiger partial charge in [-0.15, -0.1) is 0 Å². The van der Waals surface area contributed by atoms with Gasteiger partial charge in [0.05, 0.1) is 13.2 Å². The van der Waals surface area contributed by atoms with Gasteiger partial charge in [-0.05, 0) is 27.7 Å². The predicted molar refractivity (Wildman–Crippen MR) is 59.5 cm³/mol. The van der Waals surface area contributed by atoms with Crippen molar-refractivity contribution in [2.45, 2.75) is 38.5 Å². The summed E-state index contributed by atoms with van der Waals surface area (Å²) in [7, 11) is 0. The van der Waals surface area contributed by atoms with Crippen molar-refractivity contribution in [3.63, 3.8) is 0 Å². The predicted octanol–water partition coefficient (Wildman–Crippen LogP) is 1.25. The fourth-order valence-corrected chi connectivity index (χ4v) is 2.35. The third kappa shape index (κ3) is 2.95. The van der Waals surface area contributed by atoms with Gasteiger partial charge in [-0.25, -0.2) is 4.31 Å². The second kappa shape index (κ2) is 4.53. The first-order valence-corrected chi connectivity index (χ1v) is 5.83. The van der Waals surface area contributed by atoms with Crippen LogP contribution in [-0.4, -0.2) is 40.0 Å². The van der Waals surface area contributed by atoms with Gasteiger partial charge in [0.15, 0.2) is 11.0 Å². The van der Waals surface area contributed by atoms with Crippen LogP contribution in [0.25, 0.3) is 0 Å². The Balaban J connectivity index is 2.65. The summed E-state index contributed by atoms with van der Waals surface area (Å²) in [5, 5.41) is -0.663. The quantitative estimate of drug-likeness (QED) is 0.406. The van der Waals surface area contributed by atoms with E-state index >= 15 is 0 Å². The number of ketones is 1. The molecule has 0 amide bonds. The maximum atomic E-state index is 11.6. The minimum absolute atomic E-state index is 0.0617. The third-order valence-electron chi connectivity index (χ3n) is 2.07. The van der Waals surface area contributed by atoms with Crippen molar-refractivity contribution in [3.8, 4) is 0 Å². The van der Waals surface area contributed by atoms with E-state index in [1.807, 2.05) is 25.1 Å². The van der Waals surface area contributed by atoms with E-state index < -0.39 is 11.2 Å². The van der Waals surface area contributed by atoms with E-state index in [0.29, 0.717) is 13.2 Å². The van der Waals surface area contributed by atoms with Gasteiger partial charge in [0.25, 0.3) is 0 Å². The highest BCUT2D eigenvalue weighted by Crippen LogP contribution is 2.33. The van der Waals surface area contributed by atoms with Crippen LogP contribution in [0.3, 0.4) is 0 Å². The van der Waals surface area contributed by atoms with Gasteiger partial charge in [0, 0.05) is 5.54 Å². The van der Waals surface area contributed by atoms with Crippen molar-refractivity contribution in [1.29, 1.82) is 0 Å². The van der Waals surface area contributed by atoms with E-state index in [1.165, 1.54) is 11.9 Å². The molecule has 1 atom stereocenters. The summed E-state index contributed by atoms with van der Waals surface area (Å²) in [6, 6.07) is 0. The summed E-state index contributed by atoms with van der Waals surface area (Å²) in [6.07, 6.45) is 0. The van der Waals surface area contributed by atoms with E-state index in [9.17, 15) is 9.59 Å². The van der Waals surface area contributed by atoms with E-state index in [1.54, 1.807) is 6.92 Å². The number of hydrogen-bond donors (Lipinski definition) is 0. The Morgan fingerprint density at radius 3 is 2.60 bits per heavy atom. The molecule has 1 unspecified atom stereocenters. The summed E-state index contributed by atoms with van der Waals surface area (Å²) in [5.74, 6) is -0.479. The van der Waals surface area contributed by atoms with Crippen molar-refractivity contribution >= 4 is 23.7 Å². The van der Waals surface area contributed by atoms with E-state index in [4.69, 9.17) is 4.74 Å². The van der Waals surface area contributed by atoms with Crippen molar-refractivity contribution in [2.75, 3.05) is 13.2 Å². The fourth-order valence-electron chi connectivity index (χ4n) is 1.24. The number of ether oxygens (including phenoxy) is 1. The zero-order valence-electron chi connectivity index (χ0n) is 9.57. The Morgan fingerprint density at radius 2 is 2.20 bits per heavy atom. The molecule has 0 saturated carbocycles. The molecule has 15 heavy (non-hydrogen) atoms. The number of carbonyl (C=O) groups is 2. The molecule has 1 aliphatic heterocycles. The van der Waals surface area contributed by atoms with Gasteiger partial charge < -0.3 is 4.74 Å². The molecule has 1 aliphatic rings. The van der Waals surface area contributed by atoms with Crippen LogP contribution in [0.4, 0.5) is 0 Å². The standard InChI is InChI=1S/C10H17NO3S/c1-5-14-9(13)8-7(12)6-11(15-8)10(2,3)4/h8H,5-6H2,1-4H3. The number of nitrogens with zero attached hydrogens (tertiary/aromatic N) is 1. The van der Waals surface area contributed by atoms with Gasteiger partial charge in [0.1, 0.15) is 0 Å². The summed E-state index contributed by atoms with van der Waals surface area (Å²) < 4.78 is 6.78. The second-order valence-electron chi connectivity index (χ2n) is 4.41. The van der Waals surface area contributed by atoms with E-state index in [-0.39, 0.29) is 11.3 Å². The molecule has 4 nitrogen and oxygen atoms in total. The highest BCUT2D eigenvalue weighted by atomic mass is 32.2. The van der Waals surface area contributed by atoms with Crippen LogP contribution < -0.4 is 0 Å². The molecule has 86 valence electrons. The molecule has 1 saturated heterocycles. The first-order chi connectivity index (χ1) is 6.86. The first kappa shape index (κ1) is 12.5. The van der Waals surface area contributed by atoms with Gasteiger partial charge in [0.2, 0.25) is 0 Å². The molecule has 0 N–H and O–H groups in total. The highest BCUT2D eigenvalue weighted by molar-refractivity contribution is 7.99. The SMILES string of the molecule is CCOC(=O)C1SN(C(C)(C)C)CC1=O. The van der Waals surface area contributed by atoms with Crippen LogP contribution in [0.5, 0.6) is 0 Å². The Bertz CT molecular complexity index is 272. The Kier molecular flexibility index (Phi) is 3.78. The lowest BCUT2D eigenvalue weighted by Gasteiger charge is -2.29. The maximum absolute atomic E-state index is 11.6. The third-order valence-corrected chi connectivity index (χ3v) is 3.67. The van der Waals surface area contributed by atoms with Crippen LogP contribution >= 0.6 is 11.9 Å². The smallest absolute Gasteiger partial charge is 0.328 e. The van der Waals surface area contributed by atoms with Gasteiger partial charge in [-0.3, -0.25) is 9.59 Å². The van der Waals surface area contributed by atoms with E-state index in [2.05, 4.69) is 0 Å². The van der Waals surface area contributed by atoms with Crippen LogP contribution in [0.15, 0.2) is 0 Å². The molecule has 5 heteroatoms. The van der Waals surface area contributed by atoms with Gasteiger partial charge in [-0.1, -0.05) is 11.9 Å². The van der Waals surface area contributed by atoms with Crippen molar-refractivity contribution < 1.29 is 14.3 Å². The fraction of sp³-hybridized carbons (Fsp3) is 0.800. The average Bonchev–Trinajstić information content (AvgIpc) is 2.47. The second-order valence-corrected chi connectivity index (χ2v) is 5.53.